The third-order valence-electron chi connectivity index (χ3n) is 5.27. The number of carbonyl (C=O) groups is 1. The first-order valence-electron chi connectivity index (χ1n) is 9.61. The topological polar surface area (TPSA) is 72.8 Å². The van der Waals surface area contributed by atoms with Crippen LogP contribution in [0.4, 0.5) is 5.69 Å². The van der Waals surface area contributed by atoms with Crippen molar-refractivity contribution >= 4 is 11.6 Å². The Balaban J connectivity index is 1.32. The summed E-state index contributed by atoms with van der Waals surface area (Å²) in [5, 5.41) is 8.88. The zero-order chi connectivity index (χ0) is 19.3. The van der Waals surface area contributed by atoms with Crippen molar-refractivity contribution in [1.29, 1.82) is 5.26 Å². The van der Waals surface area contributed by atoms with Gasteiger partial charge in [-0.3, -0.25) is 4.79 Å². The fraction of sp³-hybridized carbons (Fsp3) is 0.261. The van der Waals surface area contributed by atoms with Crippen molar-refractivity contribution in [1.82, 2.24) is 9.97 Å². The number of carbonyl (C=O) groups excluding carboxylic acids is 1. The lowest BCUT2D eigenvalue weighted by Gasteiger charge is -2.16. The van der Waals surface area contributed by atoms with Crippen LogP contribution in [0.25, 0.3) is 0 Å². The molecule has 0 spiro atoms. The lowest BCUT2D eigenvalue weighted by atomic mass is 10.0. The Kier molecular flexibility index (Phi) is 5.20. The van der Waals surface area contributed by atoms with E-state index in [-0.39, 0.29) is 11.8 Å². The van der Waals surface area contributed by atoms with E-state index in [4.69, 9.17) is 5.26 Å². The number of amides is 1. The molecule has 1 N–H and O–H groups in total. The summed E-state index contributed by atoms with van der Waals surface area (Å²) in [5.41, 5.74) is 3.83. The van der Waals surface area contributed by atoms with Crippen LogP contribution >= 0.6 is 0 Å². The smallest absolute Gasteiger partial charge is 0.230 e. The van der Waals surface area contributed by atoms with Gasteiger partial charge in [-0.1, -0.05) is 30.3 Å². The average molecular weight is 370 g/mol. The van der Waals surface area contributed by atoms with Gasteiger partial charge in [0.15, 0.2) is 0 Å². The van der Waals surface area contributed by atoms with Gasteiger partial charge in [-0.2, -0.15) is 5.26 Å². The van der Waals surface area contributed by atoms with Crippen LogP contribution < -0.4 is 4.90 Å². The highest BCUT2D eigenvalue weighted by molar-refractivity contribution is 5.97. The molecular formula is C23H22N4O. The summed E-state index contributed by atoms with van der Waals surface area (Å²) in [4.78, 5) is 22.4. The van der Waals surface area contributed by atoms with Gasteiger partial charge in [0.2, 0.25) is 5.91 Å². The molecule has 1 atom stereocenters. The van der Waals surface area contributed by atoms with Crippen LogP contribution in [0.3, 0.4) is 0 Å². The summed E-state index contributed by atoms with van der Waals surface area (Å²) in [6.45, 7) is 0.787. The third kappa shape index (κ3) is 3.96. The van der Waals surface area contributed by atoms with Gasteiger partial charge in [-0.05, 0) is 42.7 Å². The fourth-order valence-electron chi connectivity index (χ4n) is 3.72. The molecule has 1 unspecified atom stereocenters. The summed E-state index contributed by atoms with van der Waals surface area (Å²) >= 11 is 0. The maximum atomic E-state index is 12.7. The quantitative estimate of drug-likeness (QED) is 0.716. The van der Waals surface area contributed by atoms with Gasteiger partial charge in [-0.15, -0.1) is 0 Å². The van der Waals surface area contributed by atoms with Crippen molar-refractivity contribution < 1.29 is 4.79 Å². The molecular weight excluding hydrogens is 348 g/mol. The molecule has 3 aromatic rings. The van der Waals surface area contributed by atoms with Crippen LogP contribution in [0, 0.1) is 17.2 Å². The predicted molar refractivity (Wildman–Crippen MR) is 108 cm³/mol. The van der Waals surface area contributed by atoms with Crippen molar-refractivity contribution in [2.75, 3.05) is 11.4 Å². The van der Waals surface area contributed by atoms with Gasteiger partial charge in [0.25, 0.3) is 0 Å². The zero-order valence-corrected chi connectivity index (χ0v) is 15.6. The number of rotatable bonds is 6. The van der Waals surface area contributed by atoms with E-state index < -0.39 is 0 Å². The maximum Gasteiger partial charge on any atom is 0.230 e. The molecule has 5 heteroatoms. The Morgan fingerprint density at radius 3 is 2.68 bits per heavy atom. The highest BCUT2D eigenvalue weighted by Gasteiger charge is 2.32. The number of H-pyrrole nitrogens is 1. The minimum atomic E-state index is 0.0623. The van der Waals surface area contributed by atoms with Gasteiger partial charge in [0, 0.05) is 42.9 Å². The normalized spacial score (nSPS) is 16.3. The molecule has 140 valence electrons. The zero-order valence-electron chi connectivity index (χ0n) is 15.6. The number of benzene rings is 2. The Morgan fingerprint density at radius 2 is 1.93 bits per heavy atom. The highest BCUT2D eigenvalue weighted by Crippen LogP contribution is 2.27. The largest absolute Gasteiger partial charge is 0.346 e. The predicted octanol–water partition coefficient (Wildman–Crippen LogP) is 3.86. The number of nitrogens with zero attached hydrogens (tertiary/aromatic N) is 3. The summed E-state index contributed by atoms with van der Waals surface area (Å²) in [7, 11) is 0. The van der Waals surface area contributed by atoms with Crippen LogP contribution in [0.1, 0.15) is 35.5 Å². The van der Waals surface area contributed by atoms with Crippen molar-refractivity contribution in [2.24, 2.45) is 5.92 Å². The monoisotopic (exact) mass is 370 g/mol. The molecule has 1 amide bonds. The number of imidazole rings is 1. The molecule has 5 nitrogen and oxygen atoms in total. The standard InChI is InChI=1S/C23H22N4O/c24-15-18-8-6-17(7-9-18)14-20-16-25-22(26-20)11-10-19-12-13-27(23(19)28)21-4-2-1-3-5-21/h1-9,16,19H,10-14H2,(H,25,26). The minimum absolute atomic E-state index is 0.0623. The summed E-state index contributed by atoms with van der Waals surface area (Å²) in [5.74, 6) is 1.21. The summed E-state index contributed by atoms with van der Waals surface area (Å²) in [6.07, 6.45) is 5.09. The van der Waals surface area contributed by atoms with E-state index in [1.165, 1.54) is 0 Å². The van der Waals surface area contributed by atoms with E-state index in [9.17, 15) is 4.79 Å². The number of hydrogen-bond donors (Lipinski definition) is 1. The van der Waals surface area contributed by atoms with Gasteiger partial charge in [-0.25, -0.2) is 4.98 Å². The number of hydrogen-bond acceptors (Lipinski definition) is 3. The number of para-hydroxylation sites is 1. The minimum Gasteiger partial charge on any atom is -0.346 e. The third-order valence-corrected chi connectivity index (χ3v) is 5.27. The molecule has 0 bridgehead atoms. The first kappa shape index (κ1) is 18.0. The second-order valence-electron chi connectivity index (χ2n) is 7.19. The molecule has 28 heavy (non-hydrogen) atoms. The van der Waals surface area contributed by atoms with Crippen molar-refractivity contribution in [3.8, 4) is 6.07 Å². The van der Waals surface area contributed by atoms with E-state index >= 15 is 0 Å². The van der Waals surface area contributed by atoms with Gasteiger partial charge >= 0.3 is 0 Å². The van der Waals surface area contributed by atoms with E-state index in [0.29, 0.717) is 5.56 Å². The molecule has 1 aliphatic rings. The lowest BCUT2D eigenvalue weighted by Crippen LogP contribution is -2.27. The average Bonchev–Trinajstić information content (AvgIpc) is 3.34. The molecule has 1 fully saturated rings. The SMILES string of the molecule is N#Cc1ccc(Cc2cnc(CCC3CCN(c4ccccc4)C3=O)[nH]2)cc1. The van der Waals surface area contributed by atoms with E-state index in [1.807, 2.05) is 65.7 Å². The number of nitrogens with one attached hydrogen (secondary N) is 1. The van der Waals surface area contributed by atoms with E-state index in [0.717, 1.165) is 55.0 Å². The molecule has 1 aromatic heterocycles. The van der Waals surface area contributed by atoms with Gasteiger partial charge in [0.1, 0.15) is 5.82 Å². The molecule has 0 radical (unpaired) electrons. The molecule has 0 saturated carbocycles. The number of anilines is 1. The Bertz CT molecular complexity index is 985. The molecule has 1 saturated heterocycles. The summed E-state index contributed by atoms with van der Waals surface area (Å²) in [6, 6.07) is 19.6. The van der Waals surface area contributed by atoms with Crippen LogP contribution in [0.15, 0.2) is 60.8 Å². The number of nitriles is 1. The number of aromatic amines is 1. The lowest BCUT2D eigenvalue weighted by molar-refractivity contribution is -0.120. The van der Waals surface area contributed by atoms with Gasteiger partial charge in [0.05, 0.1) is 11.6 Å². The highest BCUT2D eigenvalue weighted by atomic mass is 16.2. The molecule has 4 rings (SSSR count). The Labute approximate surface area is 164 Å². The first-order chi connectivity index (χ1) is 13.7. The van der Waals surface area contributed by atoms with Crippen LogP contribution in [0.2, 0.25) is 0 Å². The molecule has 2 aromatic carbocycles. The van der Waals surface area contributed by atoms with E-state index in [2.05, 4.69) is 16.0 Å². The first-order valence-corrected chi connectivity index (χ1v) is 9.61. The Hall–Kier alpha value is -3.39. The van der Waals surface area contributed by atoms with E-state index in [1.54, 1.807) is 0 Å². The second kappa shape index (κ2) is 8.10. The van der Waals surface area contributed by atoms with Crippen molar-refractivity contribution in [2.45, 2.75) is 25.7 Å². The van der Waals surface area contributed by atoms with Crippen LogP contribution in [0.5, 0.6) is 0 Å². The van der Waals surface area contributed by atoms with Crippen molar-refractivity contribution in [3.63, 3.8) is 0 Å². The molecule has 2 heterocycles. The second-order valence-corrected chi connectivity index (χ2v) is 7.19. The van der Waals surface area contributed by atoms with Crippen LogP contribution in [-0.4, -0.2) is 22.4 Å². The number of aromatic nitrogens is 2. The molecule has 1 aliphatic heterocycles. The molecule has 0 aliphatic carbocycles. The van der Waals surface area contributed by atoms with Crippen LogP contribution in [-0.2, 0) is 17.6 Å². The summed E-state index contributed by atoms with van der Waals surface area (Å²) < 4.78 is 0. The number of aryl methyl sites for hydroxylation is 1. The Morgan fingerprint density at radius 1 is 1.14 bits per heavy atom. The van der Waals surface area contributed by atoms with Gasteiger partial charge < -0.3 is 9.88 Å². The fourth-order valence-corrected chi connectivity index (χ4v) is 3.72. The van der Waals surface area contributed by atoms with Crippen molar-refractivity contribution in [3.05, 3.63) is 83.4 Å². The maximum absolute atomic E-state index is 12.7.